The third-order valence-corrected chi connectivity index (χ3v) is 4.69. The Kier molecular flexibility index (Phi) is 5.55. The van der Waals surface area contributed by atoms with E-state index in [0.29, 0.717) is 6.54 Å². The third-order valence-electron chi connectivity index (χ3n) is 4.69. The lowest BCUT2D eigenvalue weighted by Gasteiger charge is -2.32. The molecule has 1 aliphatic heterocycles. The summed E-state index contributed by atoms with van der Waals surface area (Å²) in [6.45, 7) is 13.1. The van der Waals surface area contributed by atoms with Gasteiger partial charge in [-0.25, -0.2) is 4.98 Å². The van der Waals surface area contributed by atoms with Gasteiger partial charge in [-0.2, -0.15) is 0 Å². The van der Waals surface area contributed by atoms with Gasteiger partial charge in [0.1, 0.15) is 5.82 Å². The van der Waals surface area contributed by atoms with Gasteiger partial charge in [0.2, 0.25) is 5.91 Å². The summed E-state index contributed by atoms with van der Waals surface area (Å²) in [6, 6.07) is 2.00. The minimum atomic E-state index is -0.392. The fraction of sp³-hybridized carbons (Fsp3) is 0.647. The van der Waals surface area contributed by atoms with Gasteiger partial charge in [-0.1, -0.05) is 0 Å². The summed E-state index contributed by atoms with van der Waals surface area (Å²) < 4.78 is 12.2. The highest BCUT2D eigenvalue weighted by Crippen LogP contribution is 2.36. The molecule has 1 saturated heterocycles. The van der Waals surface area contributed by atoms with Crippen molar-refractivity contribution in [1.82, 2.24) is 10.3 Å². The lowest BCUT2D eigenvalue weighted by Crippen LogP contribution is -2.41. The summed E-state index contributed by atoms with van der Waals surface area (Å²) in [5.41, 5.74) is 1.32. The summed E-state index contributed by atoms with van der Waals surface area (Å²) >= 11 is 0. The molecule has 1 aliphatic rings. The highest BCUT2D eigenvalue weighted by Gasteiger charge is 2.52. The molecule has 24 heavy (non-hydrogen) atoms. The van der Waals surface area contributed by atoms with E-state index in [1.165, 1.54) is 6.92 Å². The Balaban J connectivity index is 1.94. The highest BCUT2D eigenvalue weighted by molar-refractivity contribution is 6.62. The predicted octanol–water partition coefficient (Wildman–Crippen LogP) is 1.63. The van der Waals surface area contributed by atoms with Crippen LogP contribution in [0, 0.1) is 6.92 Å². The highest BCUT2D eigenvalue weighted by atomic mass is 16.7. The van der Waals surface area contributed by atoms with E-state index >= 15 is 0 Å². The fourth-order valence-corrected chi connectivity index (χ4v) is 2.45. The summed E-state index contributed by atoms with van der Waals surface area (Å²) in [5.74, 6) is 0.811. The molecule has 2 N–H and O–H groups in total. The van der Waals surface area contributed by atoms with Crippen LogP contribution in [0.5, 0.6) is 0 Å². The van der Waals surface area contributed by atoms with Gasteiger partial charge in [-0.05, 0) is 52.7 Å². The standard InChI is InChI=1S/C17H28BN3O3/c1-12-10-15(20-9-7-8-19-13(2)22)21-11-14(12)18-23-16(3,4)17(5,6)24-18/h10-11H,7-9H2,1-6H3,(H,19,22)(H,20,21). The Bertz CT molecular complexity index is 589. The number of amides is 1. The average molecular weight is 333 g/mol. The number of carbonyl (C=O) groups is 1. The Morgan fingerprint density at radius 2 is 1.83 bits per heavy atom. The van der Waals surface area contributed by atoms with Crippen LogP contribution in [-0.4, -0.2) is 42.3 Å². The number of carbonyl (C=O) groups excluding carboxylic acids is 1. The van der Waals surface area contributed by atoms with E-state index in [-0.39, 0.29) is 17.1 Å². The van der Waals surface area contributed by atoms with Crippen molar-refractivity contribution in [2.75, 3.05) is 18.4 Å². The van der Waals surface area contributed by atoms with Crippen LogP contribution < -0.4 is 16.1 Å². The third kappa shape index (κ3) is 4.27. The van der Waals surface area contributed by atoms with Crippen molar-refractivity contribution in [1.29, 1.82) is 0 Å². The molecule has 0 unspecified atom stereocenters. The summed E-state index contributed by atoms with van der Waals surface area (Å²) in [5, 5.41) is 6.04. The van der Waals surface area contributed by atoms with Gasteiger partial charge >= 0.3 is 7.12 Å². The summed E-state index contributed by atoms with van der Waals surface area (Å²) in [7, 11) is -0.392. The molecule has 1 aromatic rings. The summed E-state index contributed by atoms with van der Waals surface area (Å²) in [6.07, 6.45) is 2.66. The minimum Gasteiger partial charge on any atom is -0.399 e. The lowest BCUT2D eigenvalue weighted by molar-refractivity contribution is -0.118. The number of hydrogen-bond acceptors (Lipinski definition) is 5. The number of rotatable bonds is 6. The second-order valence-corrected chi connectivity index (χ2v) is 7.28. The van der Waals surface area contributed by atoms with Crippen LogP contribution in [0.2, 0.25) is 0 Å². The molecule has 132 valence electrons. The number of anilines is 1. The largest absolute Gasteiger partial charge is 0.496 e. The van der Waals surface area contributed by atoms with Gasteiger partial charge in [0.05, 0.1) is 11.2 Å². The van der Waals surface area contributed by atoms with Gasteiger partial charge in [-0.15, -0.1) is 0 Å². The van der Waals surface area contributed by atoms with Crippen LogP contribution in [0.25, 0.3) is 0 Å². The number of pyridine rings is 1. The van der Waals surface area contributed by atoms with Gasteiger partial charge in [0.25, 0.3) is 0 Å². The van der Waals surface area contributed by atoms with E-state index < -0.39 is 7.12 Å². The second kappa shape index (κ2) is 7.11. The summed E-state index contributed by atoms with van der Waals surface area (Å²) in [4.78, 5) is 15.3. The maximum atomic E-state index is 10.8. The van der Waals surface area contributed by atoms with Crippen molar-refractivity contribution < 1.29 is 14.1 Å². The molecule has 1 aromatic heterocycles. The zero-order valence-corrected chi connectivity index (χ0v) is 15.5. The van der Waals surface area contributed by atoms with E-state index in [4.69, 9.17) is 9.31 Å². The molecule has 0 spiro atoms. The van der Waals surface area contributed by atoms with E-state index in [2.05, 4.69) is 15.6 Å². The van der Waals surface area contributed by atoms with Crippen LogP contribution in [0.15, 0.2) is 12.3 Å². The number of aromatic nitrogens is 1. The SMILES string of the molecule is CC(=O)NCCCNc1cc(C)c(B2OC(C)(C)C(C)(C)O2)cn1. The van der Waals surface area contributed by atoms with Crippen LogP contribution >= 0.6 is 0 Å². The van der Waals surface area contributed by atoms with Gasteiger partial charge in [0, 0.05) is 31.7 Å². The number of nitrogens with zero attached hydrogens (tertiary/aromatic N) is 1. The molecular formula is C17H28BN3O3. The number of aryl methyl sites for hydroxylation is 1. The normalized spacial score (nSPS) is 18.5. The Morgan fingerprint density at radius 3 is 2.38 bits per heavy atom. The molecule has 1 fully saturated rings. The van der Waals surface area contributed by atoms with Crippen molar-refractivity contribution >= 4 is 24.3 Å². The topological polar surface area (TPSA) is 72.5 Å². The second-order valence-electron chi connectivity index (χ2n) is 7.28. The first-order valence-corrected chi connectivity index (χ1v) is 8.43. The van der Waals surface area contributed by atoms with E-state index in [9.17, 15) is 4.79 Å². The average Bonchev–Trinajstić information content (AvgIpc) is 2.66. The van der Waals surface area contributed by atoms with Crippen molar-refractivity contribution in [2.45, 2.75) is 59.2 Å². The van der Waals surface area contributed by atoms with Crippen molar-refractivity contribution in [3.63, 3.8) is 0 Å². The molecule has 1 amide bonds. The quantitative estimate of drug-likeness (QED) is 0.611. The maximum absolute atomic E-state index is 10.8. The van der Waals surface area contributed by atoms with Crippen LogP contribution in [0.4, 0.5) is 5.82 Å². The Hall–Kier alpha value is -1.60. The smallest absolute Gasteiger partial charge is 0.399 e. The lowest BCUT2D eigenvalue weighted by atomic mass is 9.77. The Labute approximate surface area is 144 Å². The van der Waals surface area contributed by atoms with E-state index in [1.54, 1.807) is 0 Å². The molecule has 0 saturated carbocycles. The van der Waals surface area contributed by atoms with Crippen LogP contribution in [0.3, 0.4) is 0 Å². The molecular weight excluding hydrogens is 305 g/mol. The van der Waals surface area contributed by atoms with E-state index in [1.807, 2.05) is 46.9 Å². The van der Waals surface area contributed by atoms with Crippen molar-refractivity contribution in [3.05, 3.63) is 17.8 Å². The number of nitrogens with one attached hydrogen (secondary N) is 2. The zero-order valence-electron chi connectivity index (χ0n) is 15.5. The monoisotopic (exact) mass is 333 g/mol. The van der Waals surface area contributed by atoms with Crippen molar-refractivity contribution in [2.24, 2.45) is 0 Å². The molecule has 2 heterocycles. The van der Waals surface area contributed by atoms with Crippen LogP contribution in [0.1, 0.15) is 46.6 Å². The molecule has 0 aromatic carbocycles. The molecule has 2 rings (SSSR count). The van der Waals surface area contributed by atoms with Crippen molar-refractivity contribution in [3.8, 4) is 0 Å². The first-order chi connectivity index (χ1) is 11.1. The molecule has 6 nitrogen and oxygen atoms in total. The molecule has 0 bridgehead atoms. The maximum Gasteiger partial charge on any atom is 0.496 e. The van der Waals surface area contributed by atoms with E-state index in [0.717, 1.165) is 29.8 Å². The zero-order chi connectivity index (χ0) is 18.0. The molecule has 0 atom stereocenters. The Morgan fingerprint density at radius 1 is 1.21 bits per heavy atom. The fourth-order valence-electron chi connectivity index (χ4n) is 2.45. The first-order valence-electron chi connectivity index (χ1n) is 8.43. The number of hydrogen-bond donors (Lipinski definition) is 2. The molecule has 0 aliphatic carbocycles. The molecule has 0 radical (unpaired) electrons. The van der Waals surface area contributed by atoms with Gasteiger partial charge in [0.15, 0.2) is 0 Å². The van der Waals surface area contributed by atoms with Gasteiger partial charge in [-0.3, -0.25) is 4.79 Å². The molecule has 7 heteroatoms. The minimum absolute atomic E-state index is 0.00395. The predicted molar refractivity (Wildman–Crippen MR) is 96.5 cm³/mol. The first kappa shape index (κ1) is 18.7. The van der Waals surface area contributed by atoms with Gasteiger partial charge < -0.3 is 19.9 Å². The van der Waals surface area contributed by atoms with Crippen LogP contribution in [-0.2, 0) is 14.1 Å².